The molecule has 1 unspecified atom stereocenters. The SMILES string of the molecule is Cc1cc([N+](=O)[O-])cnc1N1CCN(CC(F)(F)F)C(C)C1. The number of nitrogens with zero attached hydrogens (tertiary/aromatic N) is 4. The molecule has 22 heavy (non-hydrogen) atoms. The van der Waals surface area contributed by atoms with Crippen LogP contribution in [0, 0.1) is 17.0 Å². The summed E-state index contributed by atoms with van der Waals surface area (Å²) in [4.78, 5) is 17.5. The average Bonchev–Trinajstić information content (AvgIpc) is 2.39. The quantitative estimate of drug-likeness (QED) is 0.632. The molecule has 0 aromatic carbocycles. The predicted octanol–water partition coefficient (Wildman–Crippen LogP) is 2.37. The third-order valence-corrected chi connectivity index (χ3v) is 3.69. The second-order valence-electron chi connectivity index (χ2n) is 5.47. The summed E-state index contributed by atoms with van der Waals surface area (Å²) in [5, 5.41) is 10.7. The molecule has 0 N–H and O–H groups in total. The van der Waals surface area contributed by atoms with Gasteiger partial charge in [0.15, 0.2) is 0 Å². The number of nitro groups is 1. The molecule has 2 rings (SSSR count). The van der Waals surface area contributed by atoms with Gasteiger partial charge in [-0.05, 0) is 19.4 Å². The molecule has 122 valence electrons. The van der Waals surface area contributed by atoms with E-state index in [9.17, 15) is 23.3 Å². The molecule has 6 nitrogen and oxygen atoms in total. The third-order valence-electron chi connectivity index (χ3n) is 3.69. The molecule has 1 saturated heterocycles. The lowest BCUT2D eigenvalue weighted by Crippen LogP contribution is -2.54. The van der Waals surface area contributed by atoms with E-state index in [0.717, 1.165) is 0 Å². The summed E-state index contributed by atoms with van der Waals surface area (Å²) in [5.74, 6) is 0.587. The zero-order valence-electron chi connectivity index (χ0n) is 12.3. The number of hydrogen-bond donors (Lipinski definition) is 0. The summed E-state index contributed by atoms with van der Waals surface area (Å²) in [7, 11) is 0. The Bertz CT molecular complexity index is 565. The second-order valence-corrected chi connectivity index (χ2v) is 5.47. The number of piperazine rings is 1. The first-order valence-electron chi connectivity index (χ1n) is 6.84. The number of hydrogen-bond acceptors (Lipinski definition) is 5. The summed E-state index contributed by atoms with van der Waals surface area (Å²) in [6.45, 7) is 3.61. The van der Waals surface area contributed by atoms with Gasteiger partial charge in [0.25, 0.3) is 5.69 Å². The van der Waals surface area contributed by atoms with Gasteiger partial charge in [-0.15, -0.1) is 0 Å². The van der Waals surface area contributed by atoms with Crippen molar-refractivity contribution in [2.75, 3.05) is 31.1 Å². The summed E-state index contributed by atoms with van der Waals surface area (Å²) >= 11 is 0. The van der Waals surface area contributed by atoms with Crippen LogP contribution in [0.15, 0.2) is 12.3 Å². The molecule has 0 aliphatic carbocycles. The molecule has 1 atom stereocenters. The number of anilines is 1. The molecule has 0 amide bonds. The first-order chi connectivity index (χ1) is 10.2. The Kier molecular flexibility index (Phi) is 4.55. The normalized spacial score (nSPS) is 20.2. The van der Waals surface area contributed by atoms with Crippen molar-refractivity contribution in [1.82, 2.24) is 9.88 Å². The zero-order chi connectivity index (χ0) is 16.5. The molecule has 0 saturated carbocycles. The molecule has 1 aromatic heterocycles. The van der Waals surface area contributed by atoms with Gasteiger partial charge in [0.1, 0.15) is 12.0 Å². The second kappa shape index (κ2) is 6.07. The van der Waals surface area contributed by atoms with Crippen molar-refractivity contribution in [3.8, 4) is 0 Å². The first-order valence-corrected chi connectivity index (χ1v) is 6.84. The lowest BCUT2D eigenvalue weighted by molar-refractivity contribution is -0.385. The van der Waals surface area contributed by atoms with Crippen LogP contribution in [0.25, 0.3) is 0 Å². The van der Waals surface area contributed by atoms with E-state index in [-0.39, 0.29) is 18.3 Å². The van der Waals surface area contributed by atoms with Crippen molar-refractivity contribution >= 4 is 11.5 Å². The van der Waals surface area contributed by atoms with E-state index < -0.39 is 17.6 Å². The zero-order valence-corrected chi connectivity index (χ0v) is 12.3. The van der Waals surface area contributed by atoms with Crippen LogP contribution in [-0.4, -0.2) is 53.2 Å². The lowest BCUT2D eigenvalue weighted by Gasteiger charge is -2.40. The highest BCUT2D eigenvalue weighted by molar-refractivity contribution is 5.51. The number of aryl methyl sites for hydroxylation is 1. The van der Waals surface area contributed by atoms with E-state index in [2.05, 4.69) is 4.98 Å². The molecular weight excluding hydrogens is 301 g/mol. The van der Waals surface area contributed by atoms with E-state index in [1.54, 1.807) is 13.8 Å². The fourth-order valence-electron chi connectivity index (χ4n) is 2.64. The number of pyridine rings is 1. The maximum absolute atomic E-state index is 12.5. The van der Waals surface area contributed by atoms with Crippen molar-refractivity contribution in [3.63, 3.8) is 0 Å². The lowest BCUT2D eigenvalue weighted by atomic mass is 10.1. The molecular formula is C13H17F3N4O2. The molecule has 0 radical (unpaired) electrons. The molecule has 2 heterocycles. The standard InChI is InChI=1S/C13H17F3N4O2/c1-9-5-11(20(21)22)6-17-12(9)18-3-4-19(10(2)7-18)8-13(14,15)16/h5-6,10H,3-4,7-8H2,1-2H3. The van der Waals surface area contributed by atoms with Gasteiger partial charge >= 0.3 is 6.18 Å². The number of rotatable bonds is 3. The predicted molar refractivity (Wildman–Crippen MR) is 74.9 cm³/mol. The maximum atomic E-state index is 12.5. The van der Waals surface area contributed by atoms with E-state index >= 15 is 0 Å². The highest BCUT2D eigenvalue weighted by Crippen LogP contribution is 2.25. The molecule has 1 fully saturated rings. The van der Waals surface area contributed by atoms with Crippen LogP contribution in [0.4, 0.5) is 24.7 Å². The third kappa shape index (κ3) is 3.85. The largest absolute Gasteiger partial charge is 0.401 e. The summed E-state index contributed by atoms with van der Waals surface area (Å²) < 4.78 is 37.5. The number of halogens is 3. The van der Waals surface area contributed by atoms with Gasteiger partial charge in [0, 0.05) is 31.7 Å². The van der Waals surface area contributed by atoms with Gasteiger partial charge in [-0.3, -0.25) is 15.0 Å². The minimum atomic E-state index is -4.21. The molecule has 1 aromatic rings. The van der Waals surface area contributed by atoms with Crippen LogP contribution in [0.2, 0.25) is 0 Å². The number of aromatic nitrogens is 1. The number of alkyl halides is 3. The van der Waals surface area contributed by atoms with Gasteiger partial charge < -0.3 is 4.90 Å². The molecule has 9 heteroatoms. The Hall–Kier alpha value is -1.90. The van der Waals surface area contributed by atoms with Gasteiger partial charge in [-0.1, -0.05) is 0 Å². The van der Waals surface area contributed by atoms with Gasteiger partial charge in [0.2, 0.25) is 0 Å². The summed E-state index contributed by atoms with van der Waals surface area (Å²) in [6.07, 6.45) is -3.03. The van der Waals surface area contributed by atoms with Crippen molar-refractivity contribution in [2.24, 2.45) is 0 Å². The fraction of sp³-hybridized carbons (Fsp3) is 0.615. The molecule has 1 aliphatic rings. The Morgan fingerprint density at radius 1 is 1.45 bits per heavy atom. The van der Waals surface area contributed by atoms with Gasteiger partial charge in [-0.2, -0.15) is 13.2 Å². The molecule has 1 aliphatic heterocycles. The van der Waals surface area contributed by atoms with E-state index in [1.165, 1.54) is 17.2 Å². The summed E-state index contributed by atoms with van der Waals surface area (Å²) in [5.41, 5.74) is 0.552. The van der Waals surface area contributed by atoms with Crippen molar-refractivity contribution in [1.29, 1.82) is 0 Å². The van der Waals surface area contributed by atoms with Crippen LogP contribution >= 0.6 is 0 Å². The first kappa shape index (κ1) is 16.5. The van der Waals surface area contributed by atoms with Crippen LogP contribution < -0.4 is 4.90 Å². The molecule has 0 bridgehead atoms. The Morgan fingerprint density at radius 2 is 2.14 bits per heavy atom. The van der Waals surface area contributed by atoms with Crippen molar-refractivity contribution in [2.45, 2.75) is 26.1 Å². The minimum Gasteiger partial charge on any atom is -0.354 e. The highest BCUT2D eigenvalue weighted by atomic mass is 19.4. The van der Waals surface area contributed by atoms with E-state index in [4.69, 9.17) is 0 Å². The molecule has 0 spiro atoms. The fourth-order valence-corrected chi connectivity index (χ4v) is 2.64. The smallest absolute Gasteiger partial charge is 0.354 e. The average molecular weight is 318 g/mol. The Balaban J connectivity index is 2.09. The maximum Gasteiger partial charge on any atom is 0.401 e. The van der Waals surface area contributed by atoms with Crippen LogP contribution in [0.3, 0.4) is 0 Å². The minimum absolute atomic E-state index is 0.0926. The topological polar surface area (TPSA) is 62.5 Å². The van der Waals surface area contributed by atoms with Crippen molar-refractivity contribution < 1.29 is 18.1 Å². The van der Waals surface area contributed by atoms with Crippen LogP contribution in [0.5, 0.6) is 0 Å². The monoisotopic (exact) mass is 318 g/mol. The highest BCUT2D eigenvalue weighted by Gasteiger charge is 2.35. The van der Waals surface area contributed by atoms with Gasteiger partial charge in [0.05, 0.1) is 11.5 Å². The van der Waals surface area contributed by atoms with Gasteiger partial charge in [-0.25, -0.2) is 4.98 Å². The van der Waals surface area contributed by atoms with E-state index in [0.29, 0.717) is 24.5 Å². The van der Waals surface area contributed by atoms with Crippen LogP contribution in [0.1, 0.15) is 12.5 Å². The van der Waals surface area contributed by atoms with E-state index in [1.807, 2.05) is 4.90 Å². The Morgan fingerprint density at radius 3 is 2.64 bits per heavy atom. The Labute approximate surface area is 125 Å². The van der Waals surface area contributed by atoms with Crippen LogP contribution in [-0.2, 0) is 0 Å². The summed E-state index contributed by atoms with van der Waals surface area (Å²) in [6, 6.07) is 1.15. The van der Waals surface area contributed by atoms with Crippen molar-refractivity contribution in [3.05, 3.63) is 27.9 Å².